The molecule has 136 valence electrons. The van der Waals surface area contributed by atoms with Gasteiger partial charge in [0.1, 0.15) is 17.1 Å². The molecule has 2 aromatic carbocycles. The van der Waals surface area contributed by atoms with E-state index < -0.39 is 0 Å². The van der Waals surface area contributed by atoms with Crippen molar-refractivity contribution in [1.29, 1.82) is 5.41 Å². The minimum Gasteiger partial charge on any atom is -0.494 e. The Balaban J connectivity index is 1.32. The Hall–Kier alpha value is -2.47. The number of fused-ring (bicyclic) bond motifs is 1. The standard InChI is InChI=1S/C20H23N3O2S/c1-14-5-10-18-17(13-14)23-20(25-18)26-12-4-2-3-11-24-16-8-6-15(7-9-16)19(21)22/h5-10,13H,2-4,11-12H2,1H3,(H3,21,22). The molecule has 0 fully saturated rings. The average molecular weight is 369 g/mol. The minimum absolute atomic E-state index is 0.0723. The highest BCUT2D eigenvalue weighted by Gasteiger charge is 2.06. The molecule has 0 radical (unpaired) electrons. The Bertz CT molecular complexity index is 874. The van der Waals surface area contributed by atoms with Crippen molar-refractivity contribution >= 4 is 28.7 Å². The second kappa shape index (κ2) is 8.76. The van der Waals surface area contributed by atoms with E-state index >= 15 is 0 Å². The van der Waals surface area contributed by atoms with Crippen LogP contribution < -0.4 is 10.5 Å². The maximum absolute atomic E-state index is 7.37. The van der Waals surface area contributed by atoms with E-state index in [2.05, 4.69) is 11.9 Å². The number of aromatic nitrogens is 1. The first-order valence-corrected chi connectivity index (χ1v) is 9.67. The van der Waals surface area contributed by atoms with E-state index in [0.29, 0.717) is 12.2 Å². The maximum atomic E-state index is 7.37. The van der Waals surface area contributed by atoms with Crippen molar-refractivity contribution in [2.45, 2.75) is 31.4 Å². The number of hydrogen-bond donors (Lipinski definition) is 2. The van der Waals surface area contributed by atoms with Gasteiger partial charge in [-0.3, -0.25) is 5.41 Å². The van der Waals surface area contributed by atoms with Crippen LogP contribution in [-0.4, -0.2) is 23.2 Å². The van der Waals surface area contributed by atoms with Gasteiger partial charge in [-0.05, 0) is 68.1 Å². The quantitative estimate of drug-likeness (QED) is 0.246. The van der Waals surface area contributed by atoms with E-state index in [9.17, 15) is 0 Å². The highest BCUT2D eigenvalue weighted by Crippen LogP contribution is 2.25. The number of ether oxygens (including phenoxy) is 1. The third-order valence-corrected chi connectivity index (χ3v) is 4.89. The van der Waals surface area contributed by atoms with E-state index in [1.165, 1.54) is 5.56 Å². The first-order valence-electron chi connectivity index (χ1n) is 8.69. The molecule has 0 saturated heterocycles. The number of nitrogens with one attached hydrogen (secondary N) is 1. The summed E-state index contributed by atoms with van der Waals surface area (Å²) in [4.78, 5) is 4.51. The third-order valence-electron chi connectivity index (χ3n) is 3.97. The number of amidine groups is 1. The fourth-order valence-electron chi connectivity index (χ4n) is 2.54. The third kappa shape index (κ3) is 5.02. The molecule has 0 unspecified atom stereocenters. The Morgan fingerprint density at radius 3 is 2.73 bits per heavy atom. The van der Waals surface area contributed by atoms with Gasteiger partial charge in [-0.25, -0.2) is 4.98 Å². The normalized spacial score (nSPS) is 11.0. The smallest absolute Gasteiger partial charge is 0.256 e. The fourth-order valence-corrected chi connectivity index (χ4v) is 3.37. The minimum atomic E-state index is 0.0723. The largest absolute Gasteiger partial charge is 0.494 e. The Morgan fingerprint density at radius 1 is 1.15 bits per heavy atom. The molecule has 0 aliphatic rings. The summed E-state index contributed by atoms with van der Waals surface area (Å²) in [6, 6.07) is 13.4. The molecule has 6 heteroatoms. The molecule has 26 heavy (non-hydrogen) atoms. The van der Waals surface area contributed by atoms with Crippen molar-refractivity contribution in [1.82, 2.24) is 4.98 Å². The van der Waals surface area contributed by atoms with Crippen LogP contribution in [0.25, 0.3) is 11.1 Å². The number of unbranched alkanes of at least 4 members (excludes halogenated alkanes) is 2. The molecule has 0 amide bonds. The summed E-state index contributed by atoms with van der Waals surface area (Å²) in [7, 11) is 0. The Kier molecular flexibility index (Phi) is 6.17. The van der Waals surface area contributed by atoms with E-state index in [0.717, 1.165) is 47.1 Å². The molecule has 3 rings (SSSR count). The number of oxazole rings is 1. The summed E-state index contributed by atoms with van der Waals surface area (Å²) < 4.78 is 11.4. The zero-order valence-electron chi connectivity index (χ0n) is 14.8. The summed E-state index contributed by atoms with van der Waals surface area (Å²) >= 11 is 1.66. The van der Waals surface area contributed by atoms with Gasteiger partial charge in [0, 0.05) is 11.3 Å². The number of hydrogen-bond acceptors (Lipinski definition) is 5. The highest BCUT2D eigenvalue weighted by molar-refractivity contribution is 7.99. The molecule has 3 N–H and O–H groups in total. The molecular weight excluding hydrogens is 346 g/mol. The predicted octanol–water partition coefficient (Wildman–Crippen LogP) is 4.76. The lowest BCUT2D eigenvalue weighted by Crippen LogP contribution is -2.10. The molecule has 0 spiro atoms. The van der Waals surface area contributed by atoms with Crippen LogP contribution in [0.1, 0.15) is 30.4 Å². The maximum Gasteiger partial charge on any atom is 0.256 e. The van der Waals surface area contributed by atoms with Gasteiger partial charge >= 0.3 is 0 Å². The predicted molar refractivity (Wildman–Crippen MR) is 106 cm³/mol. The number of nitrogens with zero attached hydrogens (tertiary/aromatic N) is 1. The van der Waals surface area contributed by atoms with Crippen molar-refractivity contribution in [3.05, 3.63) is 53.6 Å². The van der Waals surface area contributed by atoms with E-state index in [4.69, 9.17) is 20.3 Å². The molecule has 0 aliphatic carbocycles. The average Bonchev–Trinajstić information content (AvgIpc) is 3.03. The van der Waals surface area contributed by atoms with Crippen molar-refractivity contribution in [2.75, 3.05) is 12.4 Å². The van der Waals surface area contributed by atoms with E-state index in [1.807, 2.05) is 30.3 Å². The molecular formula is C20H23N3O2S. The first-order chi connectivity index (χ1) is 12.6. The van der Waals surface area contributed by atoms with Crippen LogP contribution >= 0.6 is 11.8 Å². The number of aryl methyl sites for hydroxylation is 1. The zero-order chi connectivity index (χ0) is 18.4. The van der Waals surface area contributed by atoms with Gasteiger partial charge in [0.15, 0.2) is 5.58 Å². The van der Waals surface area contributed by atoms with Crippen LogP contribution in [0.15, 0.2) is 52.1 Å². The number of nitrogen functional groups attached to an aromatic ring is 1. The SMILES string of the molecule is Cc1ccc2oc(SCCCCCOc3ccc(C(=N)N)cc3)nc2c1. The van der Waals surface area contributed by atoms with Crippen molar-refractivity contribution in [3.8, 4) is 5.75 Å². The second-order valence-electron chi connectivity index (χ2n) is 6.15. The van der Waals surface area contributed by atoms with Gasteiger partial charge in [0.2, 0.25) is 0 Å². The summed E-state index contributed by atoms with van der Waals surface area (Å²) in [6.45, 7) is 2.74. The van der Waals surface area contributed by atoms with Crippen molar-refractivity contribution in [2.24, 2.45) is 5.73 Å². The van der Waals surface area contributed by atoms with Crippen LogP contribution in [0.2, 0.25) is 0 Å². The summed E-state index contributed by atoms with van der Waals surface area (Å²) in [6.07, 6.45) is 3.19. The van der Waals surface area contributed by atoms with E-state index in [-0.39, 0.29) is 5.84 Å². The molecule has 3 aromatic rings. The van der Waals surface area contributed by atoms with Crippen LogP contribution in [0.5, 0.6) is 5.75 Å². The lowest BCUT2D eigenvalue weighted by atomic mass is 10.2. The van der Waals surface area contributed by atoms with Gasteiger partial charge in [0.25, 0.3) is 5.22 Å². The Labute approximate surface area is 157 Å². The number of nitrogens with two attached hydrogens (primary N) is 1. The molecule has 0 bridgehead atoms. The topological polar surface area (TPSA) is 85.1 Å². The van der Waals surface area contributed by atoms with Crippen LogP contribution in [0.4, 0.5) is 0 Å². The molecule has 0 aliphatic heterocycles. The van der Waals surface area contributed by atoms with Gasteiger partial charge in [-0.1, -0.05) is 17.8 Å². The second-order valence-corrected chi connectivity index (χ2v) is 7.19. The first kappa shape index (κ1) is 18.3. The lowest BCUT2D eigenvalue weighted by molar-refractivity contribution is 0.306. The summed E-state index contributed by atoms with van der Waals surface area (Å²) in [5.74, 6) is 1.87. The summed E-state index contributed by atoms with van der Waals surface area (Å²) in [5, 5.41) is 8.11. The van der Waals surface area contributed by atoms with Crippen LogP contribution in [0, 0.1) is 12.3 Å². The molecule has 1 aromatic heterocycles. The lowest BCUT2D eigenvalue weighted by Gasteiger charge is -2.06. The summed E-state index contributed by atoms with van der Waals surface area (Å²) in [5.41, 5.74) is 9.11. The van der Waals surface area contributed by atoms with Crippen LogP contribution in [0.3, 0.4) is 0 Å². The fraction of sp³-hybridized carbons (Fsp3) is 0.300. The van der Waals surface area contributed by atoms with Gasteiger partial charge in [-0.15, -0.1) is 0 Å². The van der Waals surface area contributed by atoms with Gasteiger partial charge < -0.3 is 14.9 Å². The Morgan fingerprint density at radius 2 is 1.96 bits per heavy atom. The van der Waals surface area contributed by atoms with E-state index in [1.54, 1.807) is 23.9 Å². The number of thioether (sulfide) groups is 1. The molecule has 0 atom stereocenters. The van der Waals surface area contributed by atoms with Crippen LogP contribution in [-0.2, 0) is 0 Å². The molecule has 5 nitrogen and oxygen atoms in total. The van der Waals surface area contributed by atoms with Crippen molar-refractivity contribution < 1.29 is 9.15 Å². The van der Waals surface area contributed by atoms with Crippen molar-refractivity contribution in [3.63, 3.8) is 0 Å². The van der Waals surface area contributed by atoms with Gasteiger partial charge in [-0.2, -0.15) is 0 Å². The van der Waals surface area contributed by atoms with Gasteiger partial charge in [0.05, 0.1) is 6.61 Å². The number of benzene rings is 2. The molecule has 1 heterocycles. The monoisotopic (exact) mass is 369 g/mol. The highest BCUT2D eigenvalue weighted by atomic mass is 32.2. The zero-order valence-corrected chi connectivity index (χ0v) is 15.6. The number of rotatable bonds is 9. The molecule has 0 saturated carbocycles.